The number of hydrogen-bond acceptors (Lipinski definition) is 6. The van der Waals surface area contributed by atoms with Crippen molar-refractivity contribution in [3.8, 4) is 11.3 Å². The quantitative estimate of drug-likeness (QED) is 0.126. The minimum Gasteiger partial charge on any atom is -0.454 e. The van der Waals surface area contributed by atoms with Gasteiger partial charge in [-0.05, 0) is 62.4 Å². The van der Waals surface area contributed by atoms with Gasteiger partial charge in [-0.2, -0.15) is 0 Å². The number of imide groups is 1. The highest BCUT2D eigenvalue weighted by Crippen LogP contribution is 2.55. The zero-order valence-corrected chi connectivity index (χ0v) is 23.2. The number of nitrogens with zero attached hydrogens (tertiary/aromatic N) is 2. The van der Waals surface area contributed by atoms with E-state index in [0.29, 0.717) is 39.0 Å². The highest BCUT2D eigenvalue weighted by atomic mass is 16.5. The normalized spacial score (nSPS) is 22.4. The number of pyridine rings is 1. The average Bonchev–Trinajstić information content (AvgIpc) is 3.65. The Morgan fingerprint density at radius 3 is 2.40 bits per heavy atom. The molecule has 2 bridgehead atoms. The van der Waals surface area contributed by atoms with Crippen molar-refractivity contribution in [1.82, 2.24) is 4.98 Å². The lowest BCUT2D eigenvalue weighted by Gasteiger charge is -2.19. The van der Waals surface area contributed by atoms with Gasteiger partial charge in [-0.3, -0.25) is 19.3 Å². The van der Waals surface area contributed by atoms with E-state index in [9.17, 15) is 19.2 Å². The molecule has 7 nitrogen and oxygen atoms in total. The van der Waals surface area contributed by atoms with E-state index < -0.39 is 5.97 Å². The van der Waals surface area contributed by atoms with Crippen LogP contribution in [0.3, 0.4) is 0 Å². The number of anilines is 1. The number of allylic oxidation sites excluding steroid dienone is 2. The second kappa shape index (κ2) is 9.87. The van der Waals surface area contributed by atoms with Gasteiger partial charge in [0, 0.05) is 16.5 Å². The standard InChI is InChI=1S/C35H28N2O5/c1-19-8-13-28-26(14-19)27(35(41)42-18-30(38)22-6-4-3-5-7-22)17-29(36-28)21-9-11-24(12-10-21)37-33(39)31-23-15-20(2)25(16-23)32(31)34(37)40/h3-15,17,23,25,31-32H,16,18H2,1-2H3. The van der Waals surface area contributed by atoms with Crippen molar-refractivity contribution in [1.29, 1.82) is 0 Å². The van der Waals surface area contributed by atoms with Crippen molar-refractivity contribution in [2.45, 2.75) is 20.3 Å². The number of rotatable bonds is 6. The number of Topliss-reactive ketones (excluding diaryl/α,β-unsaturated/α-hetero) is 1. The smallest absolute Gasteiger partial charge is 0.339 e. The summed E-state index contributed by atoms with van der Waals surface area (Å²) in [4.78, 5) is 58.7. The van der Waals surface area contributed by atoms with Crippen LogP contribution in [-0.4, -0.2) is 35.2 Å². The molecule has 0 radical (unpaired) electrons. The highest BCUT2D eigenvalue weighted by molar-refractivity contribution is 6.23. The van der Waals surface area contributed by atoms with Crippen LogP contribution in [0.5, 0.6) is 0 Å². The summed E-state index contributed by atoms with van der Waals surface area (Å²) >= 11 is 0. The van der Waals surface area contributed by atoms with Crippen molar-refractivity contribution in [3.05, 3.63) is 107 Å². The Hall–Kier alpha value is -4.91. The molecule has 42 heavy (non-hydrogen) atoms. The molecule has 4 unspecified atom stereocenters. The van der Waals surface area contributed by atoms with E-state index in [1.54, 1.807) is 54.6 Å². The molecule has 2 heterocycles. The zero-order chi connectivity index (χ0) is 29.1. The fourth-order valence-corrected chi connectivity index (χ4v) is 6.88. The minimum atomic E-state index is -0.617. The molecule has 1 saturated carbocycles. The fourth-order valence-electron chi connectivity index (χ4n) is 6.88. The molecule has 2 fully saturated rings. The summed E-state index contributed by atoms with van der Waals surface area (Å²) in [7, 11) is 0. The van der Waals surface area contributed by atoms with Gasteiger partial charge in [0.15, 0.2) is 12.4 Å². The number of ketones is 1. The molecule has 1 aliphatic heterocycles. The SMILES string of the molecule is CC1=CC2CC1C1C(=O)N(c3ccc(-c4cc(C(=O)OCC(=O)c5ccccc5)c5cc(C)ccc5n4)cc3)C(=O)C21. The third kappa shape index (κ3) is 4.15. The molecule has 0 N–H and O–H groups in total. The lowest BCUT2D eigenvalue weighted by atomic mass is 9.82. The number of hydrogen-bond donors (Lipinski definition) is 0. The minimum absolute atomic E-state index is 0.119. The van der Waals surface area contributed by atoms with E-state index >= 15 is 0 Å². The molecule has 2 aliphatic carbocycles. The number of fused-ring (bicyclic) bond motifs is 6. The molecule has 208 valence electrons. The first kappa shape index (κ1) is 26.0. The van der Waals surface area contributed by atoms with Crippen molar-refractivity contribution in [2.75, 3.05) is 11.5 Å². The molecular weight excluding hydrogens is 528 g/mol. The van der Waals surface area contributed by atoms with Crippen LogP contribution in [0, 0.1) is 30.6 Å². The third-order valence-electron chi connectivity index (χ3n) is 8.92. The lowest BCUT2D eigenvalue weighted by Crippen LogP contribution is -2.32. The maximum absolute atomic E-state index is 13.4. The van der Waals surface area contributed by atoms with Crippen LogP contribution in [-0.2, 0) is 14.3 Å². The number of benzene rings is 3. The number of aromatic nitrogens is 1. The molecule has 7 heteroatoms. The van der Waals surface area contributed by atoms with Crippen LogP contribution in [0.4, 0.5) is 5.69 Å². The molecular formula is C35H28N2O5. The largest absolute Gasteiger partial charge is 0.454 e. The first-order valence-corrected chi connectivity index (χ1v) is 14.1. The van der Waals surface area contributed by atoms with Crippen molar-refractivity contribution in [3.63, 3.8) is 0 Å². The Morgan fingerprint density at radius 1 is 0.905 bits per heavy atom. The number of esters is 1. The third-order valence-corrected chi connectivity index (χ3v) is 8.92. The highest BCUT2D eigenvalue weighted by Gasteiger charge is 2.60. The van der Waals surface area contributed by atoms with Gasteiger partial charge in [-0.25, -0.2) is 9.78 Å². The van der Waals surface area contributed by atoms with E-state index in [-0.39, 0.29) is 47.9 Å². The number of carbonyl (C=O) groups excluding carboxylic acids is 4. The van der Waals surface area contributed by atoms with Gasteiger partial charge in [-0.15, -0.1) is 0 Å². The number of amides is 2. The lowest BCUT2D eigenvalue weighted by molar-refractivity contribution is -0.123. The Morgan fingerprint density at radius 2 is 1.64 bits per heavy atom. The monoisotopic (exact) mass is 556 g/mol. The Balaban J connectivity index is 1.17. The van der Waals surface area contributed by atoms with E-state index in [2.05, 4.69) is 13.0 Å². The summed E-state index contributed by atoms with van der Waals surface area (Å²) in [5.41, 5.74) is 5.35. The predicted octanol–water partition coefficient (Wildman–Crippen LogP) is 5.95. The van der Waals surface area contributed by atoms with Crippen LogP contribution in [0.1, 0.15) is 39.6 Å². The van der Waals surface area contributed by atoms with Crippen LogP contribution in [0.25, 0.3) is 22.2 Å². The second-order valence-electron chi connectivity index (χ2n) is 11.5. The molecule has 4 aromatic rings. The summed E-state index contributed by atoms with van der Waals surface area (Å²) in [6.45, 7) is 3.61. The van der Waals surface area contributed by atoms with Crippen molar-refractivity contribution < 1.29 is 23.9 Å². The number of aryl methyl sites for hydroxylation is 1. The van der Waals surface area contributed by atoms with Crippen molar-refractivity contribution in [2.24, 2.45) is 23.7 Å². The van der Waals surface area contributed by atoms with E-state index in [0.717, 1.165) is 12.0 Å². The second-order valence-corrected chi connectivity index (χ2v) is 11.5. The van der Waals surface area contributed by atoms with Gasteiger partial charge >= 0.3 is 5.97 Å². The maximum Gasteiger partial charge on any atom is 0.339 e. The van der Waals surface area contributed by atoms with Crippen LogP contribution in [0.2, 0.25) is 0 Å². The van der Waals surface area contributed by atoms with Crippen LogP contribution in [0.15, 0.2) is 90.5 Å². The summed E-state index contributed by atoms with van der Waals surface area (Å²) < 4.78 is 5.46. The van der Waals surface area contributed by atoms with Crippen LogP contribution < -0.4 is 4.90 Å². The van der Waals surface area contributed by atoms with Gasteiger partial charge in [0.25, 0.3) is 0 Å². The Kier molecular flexibility index (Phi) is 6.12. The molecule has 0 spiro atoms. The molecule has 2 amide bonds. The topological polar surface area (TPSA) is 93.6 Å². The molecule has 1 saturated heterocycles. The van der Waals surface area contributed by atoms with Gasteiger partial charge in [0.2, 0.25) is 11.8 Å². The molecule has 1 aromatic heterocycles. The average molecular weight is 557 g/mol. The van der Waals surface area contributed by atoms with Gasteiger partial charge in [0.05, 0.1) is 34.3 Å². The van der Waals surface area contributed by atoms with Gasteiger partial charge < -0.3 is 4.74 Å². The first-order valence-electron chi connectivity index (χ1n) is 14.1. The predicted molar refractivity (Wildman–Crippen MR) is 158 cm³/mol. The number of ether oxygens (including phenoxy) is 1. The summed E-state index contributed by atoms with van der Waals surface area (Å²) in [5, 5.41) is 0.630. The number of carbonyl (C=O) groups is 4. The summed E-state index contributed by atoms with van der Waals surface area (Å²) in [5.74, 6) is -1.37. The van der Waals surface area contributed by atoms with E-state index in [4.69, 9.17) is 9.72 Å². The molecule has 3 aromatic carbocycles. The first-order chi connectivity index (χ1) is 20.3. The van der Waals surface area contributed by atoms with Gasteiger partial charge in [-0.1, -0.05) is 65.7 Å². The van der Waals surface area contributed by atoms with E-state index in [1.165, 1.54) is 10.5 Å². The summed E-state index contributed by atoms with van der Waals surface area (Å²) in [6, 6.07) is 23.1. The van der Waals surface area contributed by atoms with E-state index in [1.807, 2.05) is 31.2 Å². The molecule has 7 rings (SSSR count). The zero-order valence-electron chi connectivity index (χ0n) is 23.2. The molecule has 3 aliphatic rings. The fraction of sp³-hybridized carbons (Fsp3) is 0.229. The van der Waals surface area contributed by atoms with Crippen molar-refractivity contribution >= 4 is 40.2 Å². The Bertz CT molecular complexity index is 1830. The molecule has 4 atom stereocenters. The Labute approximate surface area is 242 Å². The summed E-state index contributed by atoms with van der Waals surface area (Å²) in [6.07, 6.45) is 3.06. The van der Waals surface area contributed by atoms with Crippen LogP contribution >= 0.6 is 0 Å². The van der Waals surface area contributed by atoms with Gasteiger partial charge in [0.1, 0.15) is 0 Å². The maximum atomic E-state index is 13.4.